The SMILES string of the molecule is Cc1cc(C=O)nnc1N(N)/C=N\N. The Morgan fingerprint density at radius 2 is 2.29 bits per heavy atom. The number of aldehydes is 1. The zero-order valence-corrected chi connectivity index (χ0v) is 7.58. The minimum Gasteiger partial charge on any atom is -0.322 e. The van der Waals surface area contributed by atoms with Crippen molar-refractivity contribution in [3.63, 3.8) is 0 Å². The van der Waals surface area contributed by atoms with Gasteiger partial charge in [0.05, 0.1) is 0 Å². The molecule has 1 aromatic heterocycles. The summed E-state index contributed by atoms with van der Waals surface area (Å²) in [5.74, 6) is 10.8. The van der Waals surface area contributed by atoms with Crippen LogP contribution in [0.3, 0.4) is 0 Å². The summed E-state index contributed by atoms with van der Waals surface area (Å²) >= 11 is 0. The van der Waals surface area contributed by atoms with Crippen LogP contribution in [0.5, 0.6) is 0 Å². The van der Waals surface area contributed by atoms with E-state index in [4.69, 9.17) is 11.7 Å². The van der Waals surface area contributed by atoms with E-state index in [1.807, 2.05) is 0 Å². The van der Waals surface area contributed by atoms with Crippen LogP contribution in [0.25, 0.3) is 0 Å². The van der Waals surface area contributed by atoms with Crippen molar-refractivity contribution >= 4 is 18.4 Å². The third-order valence-electron chi connectivity index (χ3n) is 1.53. The van der Waals surface area contributed by atoms with Crippen molar-refractivity contribution in [2.75, 3.05) is 5.01 Å². The third-order valence-corrected chi connectivity index (χ3v) is 1.53. The lowest BCUT2D eigenvalue weighted by Gasteiger charge is -2.12. The molecule has 0 aliphatic heterocycles. The Balaban J connectivity index is 3.05. The van der Waals surface area contributed by atoms with Gasteiger partial charge in [0.25, 0.3) is 0 Å². The number of nitrogens with zero attached hydrogens (tertiary/aromatic N) is 4. The predicted octanol–water partition coefficient (Wildman–Crippen LogP) is -0.820. The van der Waals surface area contributed by atoms with Gasteiger partial charge in [-0.05, 0) is 18.6 Å². The highest BCUT2D eigenvalue weighted by Gasteiger charge is 2.06. The van der Waals surface area contributed by atoms with E-state index < -0.39 is 0 Å². The van der Waals surface area contributed by atoms with Gasteiger partial charge in [0.1, 0.15) is 12.0 Å². The topological polar surface area (TPSA) is 110 Å². The van der Waals surface area contributed by atoms with Gasteiger partial charge in [-0.2, -0.15) is 5.10 Å². The first kappa shape index (κ1) is 10.1. The van der Waals surface area contributed by atoms with Gasteiger partial charge < -0.3 is 5.84 Å². The summed E-state index contributed by atoms with van der Waals surface area (Å²) in [6.45, 7) is 1.75. The highest BCUT2D eigenvalue weighted by atomic mass is 16.1. The smallest absolute Gasteiger partial charge is 0.173 e. The average Bonchev–Trinajstić information content (AvgIpc) is 2.17. The van der Waals surface area contributed by atoms with Crippen LogP contribution in [0.2, 0.25) is 0 Å². The Morgan fingerprint density at radius 1 is 1.57 bits per heavy atom. The van der Waals surface area contributed by atoms with Gasteiger partial charge in [-0.15, -0.1) is 10.2 Å². The molecule has 0 atom stereocenters. The summed E-state index contributed by atoms with van der Waals surface area (Å²) in [5.41, 5.74) is 0.967. The molecule has 1 rings (SSSR count). The molecule has 0 aliphatic carbocycles. The minimum absolute atomic E-state index is 0.254. The molecule has 0 bridgehead atoms. The standard InChI is InChI=1S/C7H10N6O/c1-5-2-6(3-14)11-12-7(5)13(9)4-10-8/h2-4H,8-9H2,1H3/b10-4-. The molecule has 14 heavy (non-hydrogen) atoms. The fourth-order valence-electron chi connectivity index (χ4n) is 0.939. The zero-order valence-electron chi connectivity index (χ0n) is 7.58. The number of hydrogen-bond acceptors (Lipinski definition) is 6. The van der Waals surface area contributed by atoms with Gasteiger partial charge in [0, 0.05) is 0 Å². The van der Waals surface area contributed by atoms with Crippen molar-refractivity contribution < 1.29 is 4.79 Å². The first-order chi connectivity index (χ1) is 6.69. The van der Waals surface area contributed by atoms with E-state index in [0.717, 1.165) is 5.01 Å². The van der Waals surface area contributed by atoms with Crippen LogP contribution in [0.4, 0.5) is 5.82 Å². The third kappa shape index (κ3) is 2.02. The highest BCUT2D eigenvalue weighted by Crippen LogP contribution is 2.11. The molecule has 0 amide bonds. The van der Waals surface area contributed by atoms with Crippen LogP contribution in [0.1, 0.15) is 16.1 Å². The van der Waals surface area contributed by atoms with Crippen molar-refractivity contribution in [2.24, 2.45) is 16.8 Å². The van der Waals surface area contributed by atoms with Crippen molar-refractivity contribution in [1.82, 2.24) is 10.2 Å². The summed E-state index contributed by atoms with van der Waals surface area (Å²) < 4.78 is 0. The molecule has 0 unspecified atom stereocenters. The molecule has 7 heteroatoms. The molecule has 0 spiro atoms. The van der Waals surface area contributed by atoms with E-state index in [1.165, 1.54) is 6.34 Å². The zero-order chi connectivity index (χ0) is 10.6. The summed E-state index contributed by atoms with van der Waals surface area (Å²) in [5, 5.41) is 11.7. The molecule has 0 aromatic carbocycles. The molecule has 1 aromatic rings. The van der Waals surface area contributed by atoms with Gasteiger partial charge in [-0.25, -0.2) is 10.9 Å². The number of rotatable bonds is 3. The molecule has 0 fully saturated rings. The Hall–Kier alpha value is -2.02. The van der Waals surface area contributed by atoms with E-state index in [9.17, 15) is 4.79 Å². The Kier molecular flexibility index (Phi) is 3.08. The lowest BCUT2D eigenvalue weighted by Crippen LogP contribution is -2.31. The van der Waals surface area contributed by atoms with E-state index >= 15 is 0 Å². The highest BCUT2D eigenvalue weighted by molar-refractivity contribution is 5.78. The quantitative estimate of drug-likeness (QED) is 0.214. The summed E-state index contributed by atoms with van der Waals surface area (Å²) in [6.07, 6.45) is 1.80. The number of hydrazine groups is 1. The van der Waals surface area contributed by atoms with Gasteiger partial charge in [-0.1, -0.05) is 0 Å². The van der Waals surface area contributed by atoms with Crippen LogP contribution in [0.15, 0.2) is 11.2 Å². The normalized spacial score (nSPS) is 10.4. The van der Waals surface area contributed by atoms with Crippen molar-refractivity contribution in [1.29, 1.82) is 0 Å². The van der Waals surface area contributed by atoms with Gasteiger partial charge in [-0.3, -0.25) is 4.79 Å². The first-order valence-corrected chi connectivity index (χ1v) is 3.76. The van der Waals surface area contributed by atoms with E-state index in [1.54, 1.807) is 13.0 Å². The lowest BCUT2D eigenvalue weighted by molar-refractivity contribution is 0.111. The van der Waals surface area contributed by atoms with E-state index in [0.29, 0.717) is 17.7 Å². The lowest BCUT2D eigenvalue weighted by atomic mass is 10.2. The molecule has 0 radical (unpaired) electrons. The Bertz CT molecular complexity index is 363. The van der Waals surface area contributed by atoms with Gasteiger partial charge in [0.15, 0.2) is 12.1 Å². The maximum atomic E-state index is 10.4. The molecule has 0 aliphatic rings. The largest absolute Gasteiger partial charge is 0.322 e. The average molecular weight is 194 g/mol. The van der Waals surface area contributed by atoms with Crippen molar-refractivity contribution in [3.05, 3.63) is 17.3 Å². The molecular formula is C7H10N6O. The first-order valence-electron chi connectivity index (χ1n) is 3.76. The number of aryl methyl sites for hydroxylation is 1. The molecule has 74 valence electrons. The van der Waals surface area contributed by atoms with E-state index in [-0.39, 0.29) is 5.69 Å². The number of hydrogen-bond donors (Lipinski definition) is 2. The number of carbonyl (C=O) groups is 1. The van der Waals surface area contributed by atoms with Crippen molar-refractivity contribution in [2.45, 2.75) is 6.92 Å². The van der Waals surface area contributed by atoms with Crippen LogP contribution < -0.4 is 16.7 Å². The van der Waals surface area contributed by atoms with Crippen LogP contribution in [-0.4, -0.2) is 22.8 Å². The molecular weight excluding hydrogens is 184 g/mol. The fourth-order valence-corrected chi connectivity index (χ4v) is 0.939. The number of hydrazone groups is 1. The number of aromatic nitrogens is 2. The second-order valence-corrected chi connectivity index (χ2v) is 2.57. The number of nitrogens with two attached hydrogens (primary N) is 2. The summed E-state index contributed by atoms with van der Waals surface area (Å²) in [6, 6.07) is 1.57. The van der Waals surface area contributed by atoms with Crippen LogP contribution in [-0.2, 0) is 0 Å². The summed E-state index contributed by atoms with van der Waals surface area (Å²) in [7, 11) is 0. The maximum Gasteiger partial charge on any atom is 0.173 e. The minimum atomic E-state index is 0.254. The second-order valence-electron chi connectivity index (χ2n) is 2.57. The monoisotopic (exact) mass is 194 g/mol. The molecule has 1 heterocycles. The Morgan fingerprint density at radius 3 is 2.79 bits per heavy atom. The predicted molar refractivity (Wildman–Crippen MR) is 51.5 cm³/mol. The summed E-state index contributed by atoms with van der Waals surface area (Å²) in [4.78, 5) is 10.4. The van der Waals surface area contributed by atoms with Gasteiger partial charge in [0.2, 0.25) is 0 Å². The van der Waals surface area contributed by atoms with Gasteiger partial charge >= 0.3 is 0 Å². The molecule has 4 N–H and O–H groups in total. The molecule has 7 nitrogen and oxygen atoms in total. The van der Waals surface area contributed by atoms with Crippen LogP contribution >= 0.6 is 0 Å². The molecule has 0 saturated heterocycles. The number of carbonyl (C=O) groups excluding carboxylic acids is 1. The number of anilines is 1. The van der Waals surface area contributed by atoms with Crippen LogP contribution in [0, 0.1) is 6.92 Å². The fraction of sp³-hybridized carbons (Fsp3) is 0.143. The van der Waals surface area contributed by atoms with E-state index in [2.05, 4.69) is 15.3 Å². The molecule has 0 saturated carbocycles. The Labute approximate surface area is 80.4 Å². The maximum absolute atomic E-state index is 10.4. The van der Waals surface area contributed by atoms with Crippen molar-refractivity contribution in [3.8, 4) is 0 Å². The second kappa shape index (κ2) is 4.28.